The Morgan fingerprint density at radius 1 is 0.328 bits per heavy atom. The molecule has 0 atom stereocenters. The van der Waals surface area contributed by atoms with Crippen LogP contribution in [0, 0.1) is 12.1 Å². The molecular weight excluding hydrogens is 993 g/mol. The third-order valence-electron chi connectivity index (χ3n) is 12.2. The molecule has 0 aliphatic heterocycles. The number of nitrogens with zero attached hydrogens (tertiary/aromatic N) is 4. The van der Waals surface area contributed by atoms with Crippen molar-refractivity contribution in [1.29, 1.82) is 0 Å². The van der Waals surface area contributed by atoms with E-state index in [4.69, 9.17) is 9.97 Å². The van der Waals surface area contributed by atoms with Crippen molar-refractivity contribution >= 4 is 0 Å². The van der Waals surface area contributed by atoms with Gasteiger partial charge in [0.2, 0.25) is 0 Å². The van der Waals surface area contributed by atoms with Gasteiger partial charge >= 0.3 is 0 Å². The summed E-state index contributed by atoms with van der Waals surface area (Å²) >= 11 is 0. The summed E-state index contributed by atoms with van der Waals surface area (Å²) in [5, 5.41) is 0. The van der Waals surface area contributed by atoms with Gasteiger partial charge in [-0.1, -0.05) is 158 Å². The second-order valence-electron chi connectivity index (χ2n) is 16.8. The summed E-state index contributed by atoms with van der Waals surface area (Å²) in [5.41, 5.74) is 20.3. The first-order chi connectivity index (χ1) is 32.7. The minimum Gasteiger partial charge on any atom is -0.305 e. The smallest absolute Gasteiger partial charge is 0.0886 e. The third kappa shape index (κ3) is 11.3. The molecule has 4 aromatic heterocycles. The normalized spacial score (nSPS) is 10.9. The van der Waals surface area contributed by atoms with E-state index in [0.717, 1.165) is 83.7 Å². The fourth-order valence-corrected chi connectivity index (χ4v) is 8.63. The molecule has 4 nitrogen and oxygen atoms in total. The number of rotatable bonds is 15. The number of hydrogen-bond donors (Lipinski definition) is 0. The van der Waals surface area contributed by atoms with Gasteiger partial charge in [-0.25, -0.2) is 0 Å². The minimum absolute atomic E-state index is 0. The van der Waals surface area contributed by atoms with Gasteiger partial charge in [0, 0.05) is 38.7 Å². The second-order valence-corrected chi connectivity index (χ2v) is 16.8. The molecule has 1 radical (unpaired) electrons. The SMILES string of the molecule is [Ir].[c-]1cc(CCc2cc(CCc3ccc(-c4ccccn4)nc3)cc(CCc3c[c-]c(-c4cccc(-c5ccccc5)n4)cc3-c3ccc(-c4ccccc4)cc3)c2)ccc1-c1ccccn1. The van der Waals surface area contributed by atoms with Gasteiger partial charge < -0.3 is 4.98 Å². The largest absolute Gasteiger partial charge is 0.305 e. The third-order valence-corrected chi connectivity index (χ3v) is 12.2. The van der Waals surface area contributed by atoms with Gasteiger partial charge in [-0.05, 0) is 112 Å². The number of aromatic nitrogens is 4. The maximum Gasteiger partial charge on any atom is 0.0886 e. The van der Waals surface area contributed by atoms with E-state index in [1.54, 1.807) is 0 Å². The zero-order chi connectivity index (χ0) is 44.3. The van der Waals surface area contributed by atoms with E-state index in [0.29, 0.717) is 0 Å². The summed E-state index contributed by atoms with van der Waals surface area (Å²) in [6, 6.07) is 77.7. The van der Waals surface area contributed by atoms with Crippen molar-refractivity contribution in [2.45, 2.75) is 38.5 Å². The molecule has 0 N–H and O–H groups in total. The molecule has 0 fully saturated rings. The van der Waals surface area contributed by atoms with E-state index in [-0.39, 0.29) is 20.1 Å². The fraction of sp³-hybridized carbons (Fsp3) is 0.0968. The molecule has 0 saturated heterocycles. The van der Waals surface area contributed by atoms with Crippen molar-refractivity contribution < 1.29 is 20.1 Å². The van der Waals surface area contributed by atoms with E-state index < -0.39 is 0 Å². The summed E-state index contributed by atoms with van der Waals surface area (Å²) in [6.45, 7) is 0. The predicted octanol–water partition coefficient (Wildman–Crippen LogP) is 14.2. The molecular formula is C62H48IrN4-2. The van der Waals surface area contributed by atoms with Crippen LogP contribution in [0.25, 0.3) is 67.4 Å². The molecule has 10 aromatic rings. The Balaban J connectivity index is 0.00000562. The second kappa shape index (κ2) is 21.7. The van der Waals surface area contributed by atoms with E-state index >= 15 is 0 Å². The van der Waals surface area contributed by atoms with Crippen LogP contribution in [0.5, 0.6) is 0 Å². The van der Waals surface area contributed by atoms with Gasteiger partial charge in [0.25, 0.3) is 0 Å². The molecule has 6 aromatic carbocycles. The average molecular weight is 1040 g/mol. The Kier molecular flexibility index (Phi) is 14.5. The van der Waals surface area contributed by atoms with Crippen LogP contribution in [0.1, 0.15) is 33.4 Å². The van der Waals surface area contributed by atoms with Gasteiger partial charge in [0.1, 0.15) is 0 Å². The Morgan fingerprint density at radius 3 is 1.51 bits per heavy atom. The zero-order valence-electron chi connectivity index (χ0n) is 37.1. The average Bonchev–Trinajstić information content (AvgIpc) is 3.40. The molecule has 0 spiro atoms. The van der Waals surface area contributed by atoms with Crippen LogP contribution in [-0.2, 0) is 58.6 Å². The van der Waals surface area contributed by atoms with Gasteiger partial charge in [0.05, 0.1) is 17.1 Å². The Hall–Kier alpha value is -7.43. The molecule has 0 bridgehead atoms. The van der Waals surface area contributed by atoms with E-state index in [1.165, 1.54) is 55.6 Å². The van der Waals surface area contributed by atoms with Crippen LogP contribution in [0.2, 0.25) is 0 Å². The molecule has 0 saturated carbocycles. The zero-order valence-corrected chi connectivity index (χ0v) is 39.5. The molecule has 0 aliphatic carbocycles. The summed E-state index contributed by atoms with van der Waals surface area (Å²) in [5.74, 6) is 0. The molecule has 10 rings (SSSR count). The maximum atomic E-state index is 5.12. The molecule has 0 amide bonds. The van der Waals surface area contributed by atoms with Crippen molar-refractivity contribution in [3.8, 4) is 67.4 Å². The van der Waals surface area contributed by atoms with Crippen molar-refractivity contribution in [3.63, 3.8) is 0 Å². The Bertz CT molecular complexity index is 3040. The van der Waals surface area contributed by atoms with E-state index in [9.17, 15) is 0 Å². The van der Waals surface area contributed by atoms with Crippen LogP contribution < -0.4 is 0 Å². The number of benzene rings is 6. The monoisotopic (exact) mass is 1040 g/mol. The summed E-state index contributed by atoms with van der Waals surface area (Å²) in [4.78, 5) is 18.9. The molecule has 0 aliphatic rings. The first kappa shape index (κ1) is 44.8. The van der Waals surface area contributed by atoms with Gasteiger partial charge in [-0.2, -0.15) is 0 Å². The Labute approximate surface area is 407 Å². The van der Waals surface area contributed by atoms with Crippen molar-refractivity contribution in [2.75, 3.05) is 0 Å². The van der Waals surface area contributed by atoms with Crippen LogP contribution in [0.4, 0.5) is 0 Å². The molecule has 67 heavy (non-hydrogen) atoms. The number of hydrogen-bond acceptors (Lipinski definition) is 4. The predicted molar refractivity (Wildman–Crippen MR) is 269 cm³/mol. The van der Waals surface area contributed by atoms with Crippen molar-refractivity contribution in [2.24, 2.45) is 0 Å². The number of aryl methyl sites for hydroxylation is 6. The van der Waals surface area contributed by atoms with Crippen LogP contribution in [-0.4, -0.2) is 19.9 Å². The molecule has 0 unspecified atom stereocenters. The van der Waals surface area contributed by atoms with Crippen LogP contribution in [0.3, 0.4) is 0 Å². The van der Waals surface area contributed by atoms with Gasteiger partial charge in [-0.15, -0.1) is 64.7 Å². The van der Waals surface area contributed by atoms with Crippen LogP contribution in [0.15, 0.2) is 219 Å². The molecule has 327 valence electrons. The first-order valence-corrected chi connectivity index (χ1v) is 22.8. The summed E-state index contributed by atoms with van der Waals surface area (Å²) < 4.78 is 0. The van der Waals surface area contributed by atoms with Crippen LogP contribution >= 0.6 is 0 Å². The molecule has 4 heterocycles. The molecule has 5 heteroatoms. The first-order valence-electron chi connectivity index (χ1n) is 22.8. The van der Waals surface area contributed by atoms with Gasteiger partial charge in [0.15, 0.2) is 0 Å². The fourth-order valence-electron chi connectivity index (χ4n) is 8.63. The number of pyridine rings is 4. The minimum atomic E-state index is 0. The van der Waals surface area contributed by atoms with E-state index in [1.807, 2.05) is 61.1 Å². The van der Waals surface area contributed by atoms with E-state index in [2.05, 4.69) is 180 Å². The standard InChI is InChI=1S/C62H48N4.Ir/c1-3-12-50(13-4-1)51-31-33-53(34-32-51)57-43-56(60-19-11-18-59(66-60)54-14-5-2-6-15-54)36-35-52(57)28-26-49-41-47(22-20-45-24-29-55(30-25-45)58-16-7-9-38-63-58)40-48(42-49)23-21-46-27-37-62(65-44-46)61-17-8-10-39-64-61;/h1-19,24-25,27,29,31-35,37-44H,20-23,26,28H2;/q-2;. The Morgan fingerprint density at radius 2 is 0.866 bits per heavy atom. The maximum absolute atomic E-state index is 5.12. The topological polar surface area (TPSA) is 51.6 Å². The van der Waals surface area contributed by atoms with Crippen molar-refractivity contribution in [3.05, 3.63) is 264 Å². The van der Waals surface area contributed by atoms with Crippen molar-refractivity contribution in [1.82, 2.24) is 19.9 Å². The summed E-state index contributed by atoms with van der Waals surface area (Å²) in [7, 11) is 0. The summed E-state index contributed by atoms with van der Waals surface area (Å²) in [6.07, 6.45) is 11.1. The quantitative estimate of drug-likeness (QED) is 0.0960. The van der Waals surface area contributed by atoms with Gasteiger partial charge in [-0.3, -0.25) is 15.0 Å².